The largest absolute Gasteiger partial charge is 0.294 e. The van der Waals surface area contributed by atoms with Gasteiger partial charge in [0.1, 0.15) is 5.82 Å². The van der Waals surface area contributed by atoms with E-state index >= 15 is 0 Å². The molecular formula is C15H15FOS. The van der Waals surface area contributed by atoms with Crippen LogP contribution in [0.3, 0.4) is 0 Å². The maximum absolute atomic E-state index is 13.0. The minimum atomic E-state index is -0.298. The predicted molar refractivity (Wildman–Crippen MR) is 72.9 cm³/mol. The van der Waals surface area contributed by atoms with Gasteiger partial charge in [-0.05, 0) is 49.2 Å². The fourth-order valence-electron chi connectivity index (χ4n) is 1.90. The average molecular weight is 262 g/mol. The van der Waals surface area contributed by atoms with Gasteiger partial charge >= 0.3 is 0 Å². The van der Waals surface area contributed by atoms with Gasteiger partial charge in [-0.15, -0.1) is 11.3 Å². The number of carbonyl (C=O) groups excluding carboxylic acids is 1. The van der Waals surface area contributed by atoms with E-state index in [4.69, 9.17) is 0 Å². The molecule has 1 nitrogen and oxygen atoms in total. The van der Waals surface area contributed by atoms with Crippen molar-refractivity contribution >= 4 is 17.1 Å². The molecule has 3 heteroatoms. The Morgan fingerprint density at radius 2 is 1.94 bits per heavy atom. The van der Waals surface area contributed by atoms with E-state index in [2.05, 4.69) is 13.0 Å². The monoisotopic (exact) mass is 262 g/mol. The first kappa shape index (κ1) is 13.0. The lowest BCUT2D eigenvalue weighted by molar-refractivity contribution is 0.0993. The first-order valence-electron chi connectivity index (χ1n) is 5.97. The summed E-state index contributed by atoms with van der Waals surface area (Å²) in [5.74, 6) is -0.245. The quantitative estimate of drug-likeness (QED) is 0.755. The third-order valence-electron chi connectivity index (χ3n) is 2.89. The smallest absolute Gasteiger partial charge is 0.168 e. The Morgan fingerprint density at radius 1 is 1.22 bits per heavy atom. The Labute approximate surface area is 110 Å². The third-order valence-corrected chi connectivity index (χ3v) is 4.12. The number of thiophene rings is 1. The molecule has 2 aromatic rings. The van der Waals surface area contributed by atoms with Gasteiger partial charge in [0.25, 0.3) is 0 Å². The summed E-state index contributed by atoms with van der Waals surface area (Å²) in [6.07, 6.45) is 1.39. The Bertz CT molecular complexity index is 572. The van der Waals surface area contributed by atoms with Gasteiger partial charge in [-0.1, -0.05) is 6.92 Å². The molecule has 0 atom stereocenters. The Balaban J connectivity index is 2.16. The molecule has 1 aromatic heterocycles. The third kappa shape index (κ3) is 2.85. The van der Waals surface area contributed by atoms with Gasteiger partial charge in [0.15, 0.2) is 5.78 Å². The molecule has 1 aromatic carbocycles. The molecule has 0 aliphatic rings. The number of aryl methyl sites for hydroxylation is 2. The topological polar surface area (TPSA) is 17.1 Å². The van der Waals surface area contributed by atoms with E-state index in [1.165, 1.54) is 17.0 Å². The average Bonchev–Trinajstić information content (AvgIpc) is 2.76. The van der Waals surface area contributed by atoms with Gasteiger partial charge in [0, 0.05) is 21.7 Å². The zero-order valence-electron chi connectivity index (χ0n) is 10.5. The predicted octanol–water partition coefficient (Wildman–Crippen LogP) is 4.18. The highest BCUT2D eigenvalue weighted by Gasteiger charge is 2.11. The Morgan fingerprint density at radius 3 is 2.56 bits per heavy atom. The zero-order valence-corrected chi connectivity index (χ0v) is 11.3. The second-order valence-electron chi connectivity index (χ2n) is 4.28. The Kier molecular flexibility index (Phi) is 3.92. The molecule has 0 saturated heterocycles. The van der Waals surface area contributed by atoms with Crippen LogP contribution in [0.25, 0.3) is 0 Å². The lowest BCUT2D eigenvalue weighted by Crippen LogP contribution is -2.04. The maximum atomic E-state index is 13.0. The SMILES string of the molecule is CCc1ccc(CC(=O)c2ccc(F)cc2C)s1. The maximum Gasteiger partial charge on any atom is 0.168 e. The molecule has 0 bridgehead atoms. The summed E-state index contributed by atoms with van der Waals surface area (Å²) in [5, 5.41) is 0. The highest BCUT2D eigenvalue weighted by atomic mass is 32.1. The van der Waals surface area contributed by atoms with Crippen molar-refractivity contribution in [2.24, 2.45) is 0 Å². The van der Waals surface area contributed by atoms with E-state index in [0.29, 0.717) is 17.5 Å². The van der Waals surface area contributed by atoms with E-state index < -0.39 is 0 Å². The number of rotatable bonds is 4. The van der Waals surface area contributed by atoms with Crippen LogP contribution in [0.1, 0.15) is 32.6 Å². The standard InChI is InChI=1S/C15H15FOS/c1-3-12-5-6-13(18-12)9-15(17)14-7-4-11(16)8-10(14)2/h4-8H,3,9H2,1-2H3. The molecule has 0 saturated carbocycles. The Hall–Kier alpha value is -1.48. The minimum Gasteiger partial charge on any atom is -0.294 e. The molecule has 0 fully saturated rings. The second kappa shape index (κ2) is 5.44. The van der Waals surface area contributed by atoms with Crippen molar-refractivity contribution in [1.29, 1.82) is 0 Å². The highest BCUT2D eigenvalue weighted by Crippen LogP contribution is 2.20. The summed E-state index contributed by atoms with van der Waals surface area (Å²) in [6, 6.07) is 8.37. The van der Waals surface area contributed by atoms with E-state index in [0.717, 1.165) is 11.3 Å². The van der Waals surface area contributed by atoms with E-state index in [9.17, 15) is 9.18 Å². The van der Waals surface area contributed by atoms with Gasteiger partial charge in [0.05, 0.1) is 0 Å². The van der Waals surface area contributed by atoms with Gasteiger partial charge < -0.3 is 0 Å². The molecule has 0 N–H and O–H groups in total. The molecule has 0 unspecified atom stereocenters. The van der Waals surface area contributed by atoms with Crippen molar-refractivity contribution in [1.82, 2.24) is 0 Å². The number of halogens is 1. The van der Waals surface area contributed by atoms with Crippen molar-refractivity contribution in [2.45, 2.75) is 26.7 Å². The van der Waals surface area contributed by atoms with Crippen LogP contribution in [-0.2, 0) is 12.8 Å². The van der Waals surface area contributed by atoms with Crippen LogP contribution in [0.4, 0.5) is 4.39 Å². The first-order chi connectivity index (χ1) is 8.60. The summed E-state index contributed by atoms with van der Waals surface area (Å²) in [6.45, 7) is 3.86. The number of carbonyl (C=O) groups is 1. The molecule has 0 radical (unpaired) electrons. The van der Waals surface area contributed by atoms with Crippen LogP contribution in [0, 0.1) is 12.7 Å². The van der Waals surface area contributed by atoms with Crippen LogP contribution in [0.2, 0.25) is 0 Å². The lowest BCUT2D eigenvalue weighted by Gasteiger charge is -2.03. The van der Waals surface area contributed by atoms with Gasteiger partial charge in [-0.3, -0.25) is 4.79 Å². The molecule has 0 amide bonds. The van der Waals surface area contributed by atoms with E-state index in [-0.39, 0.29) is 11.6 Å². The van der Waals surface area contributed by atoms with E-state index in [1.54, 1.807) is 24.3 Å². The summed E-state index contributed by atoms with van der Waals surface area (Å²) in [5.41, 5.74) is 1.31. The van der Waals surface area contributed by atoms with Crippen LogP contribution < -0.4 is 0 Å². The number of benzene rings is 1. The van der Waals surface area contributed by atoms with Crippen molar-refractivity contribution in [3.05, 3.63) is 57.0 Å². The van der Waals surface area contributed by atoms with Crippen LogP contribution in [0.15, 0.2) is 30.3 Å². The fourth-order valence-corrected chi connectivity index (χ4v) is 2.86. The van der Waals surface area contributed by atoms with Crippen molar-refractivity contribution in [3.63, 3.8) is 0 Å². The molecule has 0 aliphatic carbocycles. The molecule has 0 spiro atoms. The summed E-state index contributed by atoms with van der Waals surface area (Å²) in [4.78, 5) is 14.5. The van der Waals surface area contributed by atoms with Crippen molar-refractivity contribution in [3.8, 4) is 0 Å². The van der Waals surface area contributed by atoms with Gasteiger partial charge in [-0.25, -0.2) is 4.39 Å². The highest BCUT2D eigenvalue weighted by molar-refractivity contribution is 7.12. The molecule has 0 aliphatic heterocycles. The number of Topliss-reactive ketones (excluding diaryl/α,β-unsaturated/α-hetero) is 1. The second-order valence-corrected chi connectivity index (χ2v) is 5.53. The summed E-state index contributed by atoms with van der Waals surface area (Å²) < 4.78 is 13.0. The molecule has 2 rings (SSSR count). The molecule has 18 heavy (non-hydrogen) atoms. The van der Waals surface area contributed by atoms with Crippen LogP contribution in [-0.4, -0.2) is 5.78 Å². The molecular weight excluding hydrogens is 247 g/mol. The normalized spacial score (nSPS) is 10.6. The number of hydrogen-bond acceptors (Lipinski definition) is 2. The van der Waals surface area contributed by atoms with Crippen LogP contribution in [0.5, 0.6) is 0 Å². The minimum absolute atomic E-state index is 0.0528. The zero-order chi connectivity index (χ0) is 13.1. The van der Waals surface area contributed by atoms with Gasteiger partial charge in [0.2, 0.25) is 0 Å². The fraction of sp³-hybridized carbons (Fsp3) is 0.267. The first-order valence-corrected chi connectivity index (χ1v) is 6.78. The lowest BCUT2D eigenvalue weighted by atomic mass is 10.0. The van der Waals surface area contributed by atoms with E-state index in [1.807, 2.05) is 6.07 Å². The van der Waals surface area contributed by atoms with Crippen LogP contribution >= 0.6 is 11.3 Å². The van der Waals surface area contributed by atoms with Crippen molar-refractivity contribution in [2.75, 3.05) is 0 Å². The molecule has 94 valence electrons. The van der Waals surface area contributed by atoms with Crippen molar-refractivity contribution < 1.29 is 9.18 Å². The summed E-state index contributed by atoms with van der Waals surface area (Å²) in [7, 11) is 0. The number of hydrogen-bond donors (Lipinski definition) is 0. The summed E-state index contributed by atoms with van der Waals surface area (Å²) >= 11 is 1.67. The van der Waals surface area contributed by atoms with Gasteiger partial charge in [-0.2, -0.15) is 0 Å². The number of ketones is 1. The molecule has 1 heterocycles.